The maximum atomic E-state index is 13.6. The molecule has 0 aromatic heterocycles. The maximum Gasteiger partial charge on any atom is 0.246 e. The zero-order valence-electron chi connectivity index (χ0n) is 22.3. The predicted molar refractivity (Wildman–Crippen MR) is 160 cm³/mol. The molecule has 40 heavy (non-hydrogen) atoms. The third-order valence-corrected chi connectivity index (χ3v) is 8.18. The Balaban J connectivity index is 0.00000185. The Morgan fingerprint density at radius 1 is 0.750 bits per heavy atom. The molecule has 2 saturated heterocycles. The number of hydrogen-bond donors (Lipinski definition) is 0. The lowest BCUT2D eigenvalue weighted by molar-refractivity contribution is -0.156. The Bertz CT molecular complexity index is 1370. The first kappa shape index (κ1) is 29.9. The number of fused-ring (bicyclic) bond motifs is 2. The van der Waals surface area contributed by atoms with E-state index in [1.165, 1.54) is 39.3 Å². The maximum absolute atomic E-state index is 13.6. The molecule has 5 nitrogen and oxygen atoms in total. The number of nitrogens with zero attached hydrogens (tertiary/aromatic N) is 3. The van der Waals surface area contributed by atoms with Crippen LogP contribution in [0.1, 0.15) is 35.1 Å². The summed E-state index contributed by atoms with van der Waals surface area (Å²) < 4.78 is 13.6. The molecule has 210 valence electrons. The van der Waals surface area contributed by atoms with E-state index < -0.39 is 0 Å². The topological polar surface area (TPSA) is 43.9 Å². The van der Waals surface area contributed by atoms with Gasteiger partial charge in [0.05, 0.1) is 12.6 Å². The third-order valence-electron chi connectivity index (χ3n) is 8.18. The van der Waals surface area contributed by atoms with Crippen LogP contribution in [0.25, 0.3) is 5.57 Å². The van der Waals surface area contributed by atoms with Crippen LogP contribution in [-0.4, -0.2) is 65.3 Å². The highest BCUT2D eigenvalue weighted by atomic mass is 35.5. The van der Waals surface area contributed by atoms with Crippen molar-refractivity contribution in [2.24, 2.45) is 0 Å². The van der Waals surface area contributed by atoms with Crippen LogP contribution in [0.2, 0.25) is 0 Å². The van der Waals surface area contributed by atoms with Gasteiger partial charge in [0, 0.05) is 32.7 Å². The Hall–Kier alpha value is -3.03. The van der Waals surface area contributed by atoms with Crippen LogP contribution in [0.15, 0.2) is 84.4 Å². The fourth-order valence-corrected chi connectivity index (χ4v) is 6.12. The normalized spacial score (nSPS) is 19.3. The molecule has 3 aromatic carbocycles. The van der Waals surface area contributed by atoms with Crippen LogP contribution in [0, 0.1) is 5.82 Å². The van der Waals surface area contributed by atoms with E-state index in [9.17, 15) is 14.0 Å². The molecule has 3 aliphatic rings. The number of amides is 2. The number of hydrogen-bond acceptors (Lipinski definition) is 4. The Morgan fingerprint density at radius 2 is 1.38 bits per heavy atom. The number of piperidine rings is 1. The summed E-state index contributed by atoms with van der Waals surface area (Å²) in [5.41, 5.74) is 7.15. The lowest BCUT2D eigenvalue weighted by atomic mass is 9.88. The van der Waals surface area contributed by atoms with E-state index in [4.69, 9.17) is 0 Å². The molecule has 0 saturated carbocycles. The van der Waals surface area contributed by atoms with Crippen molar-refractivity contribution >= 4 is 42.2 Å². The van der Waals surface area contributed by atoms with Crippen molar-refractivity contribution in [3.8, 4) is 0 Å². The fraction of sp³-hybridized carbons (Fsp3) is 0.312. The molecule has 3 aromatic rings. The SMILES string of the molecule is Cl.Cl.O=C1CN2Cc3ccccc3CC2C(=O)N1CCN1CCC(=C(c2ccccc2)c2ccc(F)cc2)CC1. The Labute approximate surface area is 247 Å². The average molecular weight is 583 g/mol. The zero-order chi connectivity index (χ0) is 26.1. The van der Waals surface area contributed by atoms with Crippen molar-refractivity contribution in [1.82, 2.24) is 14.7 Å². The predicted octanol–water partition coefficient (Wildman–Crippen LogP) is 5.36. The minimum atomic E-state index is -0.248. The number of carbonyl (C=O) groups excluding carboxylic acids is 2. The summed E-state index contributed by atoms with van der Waals surface area (Å²) >= 11 is 0. The van der Waals surface area contributed by atoms with E-state index in [1.54, 1.807) is 0 Å². The van der Waals surface area contributed by atoms with E-state index in [0.717, 1.165) is 37.1 Å². The highest BCUT2D eigenvalue weighted by Gasteiger charge is 2.41. The largest absolute Gasteiger partial charge is 0.301 e. The second-order valence-electron chi connectivity index (χ2n) is 10.5. The third kappa shape index (κ3) is 6.16. The second kappa shape index (κ2) is 13.1. The van der Waals surface area contributed by atoms with Gasteiger partial charge in [-0.15, -0.1) is 24.8 Å². The summed E-state index contributed by atoms with van der Waals surface area (Å²) in [4.78, 5) is 32.1. The number of halogens is 3. The standard InChI is InChI=1S/C32H32FN3O2.2ClH/c33-28-12-10-24(11-13-28)31(23-6-2-1-3-7-23)25-14-16-34(17-15-25)18-19-36-30(37)22-35-21-27-9-5-4-8-26(27)20-29(35)32(36)38;;/h1-13,29H,14-22H2;2*1H. The highest BCUT2D eigenvalue weighted by Crippen LogP contribution is 2.33. The molecular formula is C32H34Cl2FN3O2. The van der Waals surface area contributed by atoms with Crippen LogP contribution in [0.3, 0.4) is 0 Å². The lowest BCUT2D eigenvalue weighted by Crippen LogP contribution is -2.62. The molecule has 8 heteroatoms. The molecule has 0 spiro atoms. The van der Waals surface area contributed by atoms with Crippen molar-refractivity contribution in [1.29, 1.82) is 0 Å². The number of benzene rings is 3. The minimum Gasteiger partial charge on any atom is -0.301 e. The minimum absolute atomic E-state index is 0. The molecule has 2 fully saturated rings. The van der Waals surface area contributed by atoms with E-state index in [2.05, 4.69) is 29.2 Å². The molecule has 0 aliphatic carbocycles. The van der Waals surface area contributed by atoms with Gasteiger partial charge in [0.25, 0.3) is 0 Å². The van der Waals surface area contributed by atoms with E-state index in [-0.39, 0.29) is 48.5 Å². The van der Waals surface area contributed by atoms with E-state index in [1.807, 2.05) is 47.4 Å². The molecule has 0 N–H and O–H groups in total. The van der Waals surface area contributed by atoms with Gasteiger partial charge in [-0.05, 0) is 59.2 Å². The van der Waals surface area contributed by atoms with Gasteiger partial charge < -0.3 is 4.90 Å². The number of piperazine rings is 1. The summed E-state index contributed by atoms with van der Waals surface area (Å²) in [5.74, 6) is -0.384. The Kier molecular flexibility index (Phi) is 9.80. The van der Waals surface area contributed by atoms with Crippen LogP contribution >= 0.6 is 24.8 Å². The monoisotopic (exact) mass is 581 g/mol. The lowest BCUT2D eigenvalue weighted by Gasteiger charge is -2.43. The molecule has 1 atom stereocenters. The molecule has 0 bridgehead atoms. The molecule has 1 unspecified atom stereocenters. The number of imide groups is 1. The van der Waals surface area contributed by atoms with E-state index in [0.29, 0.717) is 32.6 Å². The molecule has 2 amide bonds. The molecular weight excluding hydrogens is 548 g/mol. The molecule has 3 heterocycles. The first-order valence-electron chi connectivity index (χ1n) is 13.5. The van der Waals surface area contributed by atoms with Gasteiger partial charge in [-0.3, -0.25) is 19.4 Å². The van der Waals surface area contributed by atoms with Gasteiger partial charge in [0.2, 0.25) is 11.8 Å². The zero-order valence-corrected chi connectivity index (χ0v) is 23.9. The van der Waals surface area contributed by atoms with Crippen LogP contribution in [0.4, 0.5) is 4.39 Å². The average Bonchev–Trinajstić information content (AvgIpc) is 2.95. The van der Waals surface area contributed by atoms with Gasteiger partial charge in [-0.25, -0.2) is 4.39 Å². The van der Waals surface area contributed by atoms with Gasteiger partial charge in [-0.1, -0.05) is 72.3 Å². The molecule has 0 radical (unpaired) electrons. The smallest absolute Gasteiger partial charge is 0.246 e. The highest BCUT2D eigenvalue weighted by molar-refractivity contribution is 6.01. The first-order chi connectivity index (χ1) is 18.6. The van der Waals surface area contributed by atoms with Crippen LogP contribution in [-0.2, 0) is 22.6 Å². The van der Waals surface area contributed by atoms with Crippen molar-refractivity contribution in [3.63, 3.8) is 0 Å². The molecule has 6 rings (SSSR count). The molecule has 3 aliphatic heterocycles. The number of carbonyl (C=O) groups is 2. The summed E-state index contributed by atoms with van der Waals surface area (Å²) in [5, 5.41) is 0. The Morgan fingerprint density at radius 3 is 2.08 bits per heavy atom. The van der Waals surface area contributed by atoms with Crippen molar-refractivity contribution < 1.29 is 14.0 Å². The van der Waals surface area contributed by atoms with Gasteiger partial charge in [0.15, 0.2) is 0 Å². The van der Waals surface area contributed by atoms with Crippen molar-refractivity contribution in [2.75, 3.05) is 32.7 Å². The van der Waals surface area contributed by atoms with Gasteiger partial charge in [-0.2, -0.15) is 0 Å². The number of rotatable bonds is 5. The van der Waals surface area contributed by atoms with Crippen LogP contribution < -0.4 is 0 Å². The summed E-state index contributed by atoms with van der Waals surface area (Å²) in [6, 6.07) is 25.0. The van der Waals surface area contributed by atoms with Gasteiger partial charge >= 0.3 is 0 Å². The van der Waals surface area contributed by atoms with Gasteiger partial charge in [0.1, 0.15) is 5.82 Å². The van der Waals surface area contributed by atoms with E-state index >= 15 is 0 Å². The summed E-state index contributed by atoms with van der Waals surface area (Å²) in [7, 11) is 0. The van der Waals surface area contributed by atoms with Crippen LogP contribution in [0.5, 0.6) is 0 Å². The first-order valence-corrected chi connectivity index (χ1v) is 13.5. The summed E-state index contributed by atoms with van der Waals surface area (Å²) in [6.07, 6.45) is 2.47. The van der Waals surface area contributed by atoms with Crippen molar-refractivity contribution in [2.45, 2.75) is 31.8 Å². The quantitative estimate of drug-likeness (QED) is 0.380. The second-order valence-corrected chi connectivity index (χ2v) is 10.5. The summed E-state index contributed by atoms with van der Waals surface area (Å²) in [6.45, 7) is 3.82. The fourth-order valence-electron chi connectivity index (χ4n) is 6.12. The number of likely N-dealkylation sites (tertiary alicyclic amines) is 1. The van der Waals surface area contributed by atoms with Crippen molar-refractivity contribution in [3.05, 3.63) is 113 Å².